The Balaban J connectivity index is 1.75. The lowest BCUT2D eigenvalue weighted by Gasteiger charge is -2.10. The van der Waals surface area contributed by atoms with Gasteiger partial charge in [-0.25, -0.2) is 4.98 Å². The lowest BCUT2D eigenvalue weighted by atomic mass is 10.1. The van der Waals surface area contributed by atoms with Gasteiger partial charge in [-0.1, -0.05) is 0 Å². The van der Waals surface area contributed by atoms with Gasteiger partial charge in [0.15, 0.2) is 11.5 Å². The number of benzene rings is 2. The predicted octanol–water partition coefficient (Wildman–Crippen LogP) is 3.14. The molecule has 1 aromatic heterocycles. The maximum atomic E-state index is 12.4. The van der Waals surface area contributed by atoms with E-state index in [1.807, 2.05) is 35.0 Å². The summed E-state index contributed by atoms with van der Waals surface area (Å²) in [5.41, 5.74) is 2.17. The SMILES string of the molecule is COc1ccc(C(=O)Nc2ccc(-n3ccnc3)cc2)cc1OC. The Morgan fingerprint density at radius 3 is 2.42 bits per heavy atom. The molecule has 6 heteroatoms. The molecule has 1 N–H and O–H groups in total. The van der Waals surface area contributed by atoms with E-state index in [-0.39, 0.29) is 5.91 Å². The van der Waals surface area contributed by atoms with Gasteiger partial charge < -0.3 is 19.4 Å². The molecule has 0 saturated heterocycles. The third kappa shape index (κ3) is 3.22. The Labute approximate surface area is 139 Å². The third-order valence-corrected chi connectivity index (χ3v) is 3.57. The lowest BCUT2D eigenvalue weighted by Crippen LogP contribution is -2.12. The highest BCUT2D eigenvalue weighted by Crippen LogP contribution is 2.27. The first-order valence-corrected chi connectivity index (χ1v) is 7.33. The minimum absolute atomic E-state index is 0.216. The maximum Gasteiger partial charge on any atom is 0.255 e. The first kappa shape index (κ1) is 15.6. The second kappa shape index (κ2) is 6.87. The summed E-state index contributed by atoms with van der Waals surface area (Å²) in [6, 6.07) is 12.5. The molecule has 0 bridgehead atoms. The summed E-state index contributed by atoms with van der Waals surface area (Å²) in [5, 5.41) is 2.86. The van der Waals surface area contributed by atoms with Crippen molar-refractivity contribution in [3.8, 4) is 17.2 Å². The topological polar surface area (TPSA) is 65.4 Å². The molecule has 2 aromatic carbocycles. The number of imidazole rings is 1. The number of methoxy groups -OCH3 is 2. The number of carbonyl (C=O) groups is 1. The van der Waals surface area contributed by atoms with Gasteiger partial charge in [0.2, 0.25) is 0 Å². The molecule has 122 valence electrons. The van der Waals surface area contributed by atoms with Gasteiger partial charge in [-0.3, -0.25) is 4.79 Å². The number of ether oxygens (including phenoxy) is 2. The monoisotopic (exact) mass is 323 g/mol. The van der Waals surface area contributed by atoms with Crippen LogP contribution < -0.4 is 14.8 Å². The van der Waals surface area contributed by atoms with Crippen molar-refractivity contribution in [1.29, 1.82) is 0 Å². The second-order valence-corrected chi connectivity index (χ2v) is 5.04. The summed E-state index contributed by atoms with van der Waals surface area (Å²) in [4.78, 5) is 16.4. The number of carbonyl (C=O) groups excluding carboxylic acids is 1. The molecule has 0 aliphatic heterocycles. The van der Waals surface area contributed by atoms with E-state index >= 15 is 0 Å². The molecule has 1 heterocycles. The van der Waals surface area contributed by atoms with Crippen LogP contribution in [0.25, 0.3) is 5.69 Å². The average molecular weight is 323 g/mol. The quantitative estimate of drug-likeness (QED) is 0.783. The molecule has 0 spiro atoms. The van der Waals surface area contributed by atoms with Gasteiger partial charge >= 0.3 is 0 Å². The Morgan fingerprint density at radius 2 is 1.79 bits per heavy atom. The van der Waals surface area contributed by atoms with Gasteiger partial charge in [0.1, 0.15) is 0 Å². The van der Waals surface area contributed by atoms with E-state index in [9.17, 15) is 4.79 Å². The molecule has 0 radical (unpaired) electrons. The van der Waals surface area contributed by atoms with Crippen molar-refractivity contribution >= 4 is 11.6 Å². The van der Waals surface area contributed by atoms with Crippen LogP contribution in [0.4, 0.5) is 5.69 Å². The fourth-order valence-corrected chi connectivity index (χ4v) is 2.31. The molecule has 6 nitrogen and oxygen atoms in total. The molecular weight excluding hydrogens is 306 g/mol. The molecule has 0 unspecified atom stereocenters. The van der Waals surface area contributed by atoms with E-state index in [2.05, 4.69) is 10.3 Å². The van der Waals surface area contributed by atoms with Gasteiger partial charge in [0.25, 0.3) is 5.91 Å². The molecule has 0 aliphatic carbocycles. The molecule has 3 rings (SSSR count). The van der Waals surface area contributed by atoms with Gasteiger partial charge in [0.05, 0.1) is 20.5 Å². The third-order valence-electron chi connectivity index (χ3n) is 3.57. The van der Waals surface area contributed by atoms with Crippen LogP contribution >= 0.6 is 0 Å². The average Bonchev–Trinajstić information content (AvgIpc) is 3.16. The smallest absolute Gasteiger partial charge is 0.255 e. The minimum atomic E-state index is -0.216. The number of hydrogen-bond acceptors (Lipinski definition) is 4. The van der Waals surface area contributed by atoms with E-state index in [4.69, 9.17) is 9.47 Å². The summed E-state index contributed by atoms with van der Waals surface area (Å²) >= 11 is 0. The summed E-state index contributed by atoms with van der Waals surface area (Å²) < 4.78 is 12.3. The van der Waals surface area contributed by atoms with Crippen molar-refractivity contribution in [2.45, 2.75) is 0 Å². The fraction of sp³-hybridized carbons (Fsp3) is 0.111. The van der Waals surface area contributed by atoms with Crippen LogP contribution in [-0.4, -0.2) is 29.7 Å². The van der Waals surface area contributed by atoms with Crippen molar-refractivity contribution in [1.82, 2.24) is 9.55 Å². The Hall–Kier alpha value is -3.28. The van der Waals surface area contributed by atoms with Crippen LogP contribution in [0.5, 0.6) is 11.5 Å². The minimum Gasteiger partial charge on any atom is -0.493 e. The summed E-state index contributed by atoms with van der Waals surface area (Å²) in [5.74, 6) is 0.880. The number of nitrogens with zero attached hydrogens (tertiary/aromatic N) is 2. The van der Waals surface area contributed by atoms with Gasteiger partial charge in [-0.05, 0) is 42.5 Å². The lowest BCUT2D eigenvalue weighted by molar-refractivity contribution is 0.102. The number of amides is 1. The molecule has 0 aliphatic rings. The molecular formula is C18H17N3O3. The van der Waals surface area contributed by atoms with E-state index in [0.717, 1.165) is 5.69 Å². The zero-order chi connectivity index (χ0) is 16.9. The van der Waals surface area contributed by atoms with Crippen molar-refractivity contribution in [2.24, 2.45) is 0 Å². The molecule has 0 atom stereocenters. The van der Waals surface area contributed by atoms with Crippen molar-refractivity contribution < 1.29 is 14.3 Å². The summed E-state index contributed by atoms with van der Waals surface area (Å²) in [6.45, 7) is 0. The standard InChI is InChI=1S/C18H17N3O3/c1-23-16-8-3-13(11-17(16)24-2)18(22)20-14-4-6-15(7-5-14)21-10-9-19-12-21/h3-12H,1-2H3,(H,20,22). The van der Waals surface area contributed by atoms with Crippen molar-refractivity contribution in [3.63, 3.8) is 0 Å². The number of aromatic nitrogens is 2. The highest BCUT2D eigenvalue weighted by atomic mass is 16.5. The normalized spacial score (nSPS) is 10.2. The van der Waals surface area contributed by atoms with E-state index < -0.39 is 0 Å². The number of hydrogen-bond donors (Lipinski definition) is 1. The Morgan fingerprint density at radius 1 is 1.04 bits per heavy atom. The predicted molar refractivity (Wildman–Crippen MR) is 91.1 cm³/mol. The van der Waals surface area contributed by atoms with Crippen LogP contribution in [0.15, 0.2) is 61.2 Å². The van der Waals surface area contributed by atoms with E-state index in [1.165, 1.54) is 7.11 Å². The highest BCUT2D eigenvalue weighted by molar-refractivity contribution is 6.04. The fourth-order valence-electron chi connectivity index (χ4n) is 2.31. The Kier molecular flexibility index (Phi) is 4.47. The highest BCUT2D eigenvalue weighted by Gasteiger charge is 2.11. The van der Waals surface area contributed by atoms with Crippen molar-refractivity contribution in [3.05, 3.63) is 66.7 Å². The zero-order valence-electron chi connectivity index (χ0n) is 13.4. The van der Waals surface area contributed by atoms with Crippen LogP contribution in [0.2, 0.25) is 0 Å². The summed E-state index contributed by atoms with van der Waals surface area (Å²) in [6.07, 6.45) is 5.29. The molecule has 0 fully saturated rings. The number of rotatable bonds is 5. The molecule has 0 saturated carbocycles. The second-order valence-electron chi connectivity index (χ2n) is 5.04. The van der Waals surface area contributed by atoms with E-state index in [0.29, 0.717) is 22.7 Å². The van der Waals surface area contributed by atoms with Gasteiger partial charge in [-0.15, -0.1) is 0 Å². The largest absolute Gasteiger partial charge is 0.493 e. The van der Waals surface area contributed by atoms with E-state index in [1.54, 1.807) is 37.8 Å². The Bertz CT molecular complexity index is 827. The van der Waals surface area contributed by atoms with Crippen molar-refractivity contribution in [2.75, 3.05) is 19.5 Å². The molecule has 24 heavy (non-hydrogen) atoms. The van der Waals surface area contributed by atoms with Crippen LogP contribution in [0.3, 0.4) is 0 Å². The van der Waals surface area contributed by atoms with Gasteiger partial charge in [-0.2, -0.15) is 0 Å². The van der Waals surface area contributed by atoms with Crippen LogP contribution in [0, 0.1) is 0 Å². The van der Waals surface area contributed by atoms with Crippen LogP contribution in [0.1, 0.15) is 10.4 Å². The maximum absolute atomic E-state index is 12.4. The summed E-state index contributed by atoms with van der Waals surface area (Å²) in [7, 11) is 3.09. The first-order valence-electron chi connectivity index (χ1n) is 7.33. The molecule has 3 aromatic rings. The van der Waals surface area contributed by atoms with Crippen LogP contribution in [-0.2, 0) is 0 Å². The van der Waals surface area contributed by atoms with Gasteiger partial charge in [0, 0.05) is 29.3 Å². The molecule has 1 amide bonds. The zero-order valence-corrected chi connectivity index (χ0v) is 13.4. The number of nitrogens with one attached hydrogen (secondary N) is 1. The first-order chi connectivity index (χ1) is 11.7. The number of anilines is 1.